The average molecular weight is 252 g/mol. The van der Waals surface area contributed by atoms with Gasteiger partial charge in [0.25, 0.3) is 0 Å². The summed E-state index contributed by atoms with van der Waals surface area (Å²) in [7, 11) is 0. The Morgan fingerprint density at radius 1 is 1.22 bits per heavy atom. The summed E-state index contributed by atoms with van der Waals surface area (Å²) in [4.78, 5) is 2.60. The quantitative estimate of drug-likeness (QED) is 0.754. The van der Waals surface area contributed by atoms with Crippen molar-refractivity contribution in [2.75, 3.05) is 32.7 Å². The summed E-state index contributed by atoms with van der Waals surface area (Å²) in [5, 5.41) is 3.20. The third-order valence-electron chi connectivity index (χ3n) is 4.50. The Morgan fingerprint density at radius 2 is 1.94 bits per heavy atom. The molecule has 0 bridgehead atoms. The molecule has 2 rings (SSSR count). The van der Waals surface area contributed by atoms with E-state index in [1.807, 2.05) is 0 Å². The van der Waals surface area contributed by atoms with Gasteiger partial charge in [0.05, 0.1) is 0 Å². The van der Waals surface area contributed by atoms with Crippen molar-refractivity contribution in [3.05, 3.63) is 12.2 Å². The molecule has 1 aliphatic heterocycles. The molecule has 2 aliphatic rings. The highest BCUT2D eigenvalue weighted by Gasteiger charge is 2.41. The fraction of sp³-hybridized carbons (Fsp3) is 0.875. The molecular formula is C16H32N2. The summed E-state index contributed by atoms with van der Waals surface area (Å²) < 4.78 is 0. The number of likely N-dealkylation sites (tertiary alicyclic amines) is 1. The predicted molar refractivity (Wildman–Crippen MR) is 81.0 cm³/mol. The van der Waals surface area contributed by atoms with Gasteiger partial charge in [-0.2, -0.15) is 0 Å². The lowest BCUT2D eigenvalue weighted by atomic mass is 9.68. The molecule has 1 saturated heterocycles. The summed E-state index contributed by atoms with van der Waals surface area (Å²) >= 11 is 0. The van der Waals surface area contributed by atoms with Crippen LogP contribution in [0, 0.1) is 5.41 Å². The van der Waals surface area contributed by atoms with Crippen LogP contribution in [0.25, 0.3) is 0 Å². The highest BCUT2D eigenvalue weighted by Crippen LogP contribution is 2.47. The maximum atomic E-state index is 3.85. The van der Waals surface area contributed by atoms with Gasteiger partial charge in [-0.25, -0.2) is 0 Å². The normalized spacial score (nSPS) is 21.3. The fourth-order valence-corrected chi connectivity index (χ4v) is 2.81. The smallest absolute Gasteiger partial charge is 0.0161 e. The molecule has 0 aromatic rings. The predicted octanol–water partition coefficient (Wildman–Crippen LogP) is 3.44. The zero-order chi connectivity index (χ0) is 13.4. The van der Waals surface area contributed by atoms with Crippen molar-refractivity contribution in [3.63, 3.8) is 0 Å². The van der Waals surface area contributed by atoms with Crippen molar-refractivity contribution < 1.29 is 0 Å². The zero-order valence-corrected chi connectivity index (χ0v) is 12.7. The van der Waals surface area contributed by atoms with Crippen molar-refractivity contribution >= 4 is 0 Å². The number of likely N-dealkylation sites (N-methyl/N-ethyl adjacent to an activating group) is 1. The van der Waals surface area contributed by atoms with Gasteiger partial charge in [-0.3, -0.25) is 0 Å². The molecule has 1 aliphatic carbocycles. The minimum atomic E-state index is 0.815. The van der Waals surface area contributed by atoms with Crippen LogP contribution in [0.1, 0.15) is 52.9 Å². The van der Waals surface area contributed by atoms with Crippen LogP contribution in [0.3, 0.4) is 0 Å². The molecule has 1 N–H and O–H groups in total. The van der Waals surface area contributed by atoms with Crippen molar-refractivity contribution in [1.29, 1.82) is 0 Å². The van der Waals surface area contributed by atoms with Crippen LogP contribution >= 0.6 is 0 Å². The second-order valence-electron chi connectivity index (χ2n) is 5.86. The van der Waals surface area contributed by atoms with E-state index in [0.717, 1.165) is 24.9 Å². The molecule has 106 valence electrons. The molecule has 2 fully saturated rings. The summed E-state index contributed by atoms with van der Waals surface area (Å²) in [6.45, 7) is 16.4. The van der Waals surface area contributed by atoms with Crippen molar-refractivity contribution in [2.24, 2.45) is 5.41 Å². The number of nitrogens with zero attached hydrogens (tertiary/aromatic N) is 1. The Balaban J connectivity index is 0.000000187. The van der Waals surface area contributed by atoms with Crippen LogP contribution < -0.4 is 5.32 Å². The number of hydrogen-bond acceptors (Lipinski definition) is 2. The van der Waals surface area contributed by atoms with E-state index in [1.54, 1.807) is 0 Å². The number of nitrogens with one attached hydrogen (secondary N) is 1. The standard InChI is InChI=1S/C9H17N.C7H15N/c1-2-10-7-6-9(8-10)4-3-5-9;1-4-7(3)6-8-5-2/h2-8H2,1H3;8H,3-6H2,1-2H3. The van der Waals surface area contributed by atoms with E-state index in [-0.39, 0.29) is 0 Å². The first kappa shape index (κ1) is 15.7. The molecule has 1 saturated carbocycles. The van der Waals surface area contributed by atoms with Crippen LogP contribution in [0.15, 0.2) is 12.2 Å². The van der Waals surface area contributed by atoms with E-state index >= 15 is 0 Å². The lowest BCUT2D eigenvalue weighted by Crippen LogP contribution is -2.32. The van der Waals surface area contributed by atoms with E-state index < -0.39 is 0 Å². The van der Waals surface area contributed by atoms with Gasteiger partial charge in [-0.1, -0.05) is 39.3 Å². The Bertz CT molecular complexity index is 243. The maximum Gasteiger partial charge on any atom is 0.0161 e. The van der Waals surface area contributed by atoms with Gasteiger partial charge in [0.2, 0.25) is 0 Å². The molecule has 0 aromatic heterocycles. The van der Waals surface area contributed by atoms with Gasteiger partial charge in [0.1, 0.15) is 0 Å². The fourth-order valence-electron chi connectivity index (χ4n) is 2.81. The molecule has 0 radical (unpaired) electrons. The van der Waals surface area contributed by atoms with Gasteiger partial charge in [-0.15, -0.1) is 0 Å². The van der Waals surface area contributed by atoms with E-state index in [2.05, 4.69) is 37.6 Å². The van der Waals surface area contributed by atoms with Crippen LogP contribution in [-0.4, -0.2) is 37.6 Å². The van der Waals surface area contributed by atoms with E-state index in [0.29, 0.717) is 0 Å². The lowest BCUT2D eigenvalue weighted by molar-refractivity contribution is 0.141. The molecule has 2 nitrogen and oxygen atoms in total. The summed E-state index contributed by atoms with van der Waals surface area (Å²) in [6.07, 6.45) is 7.11. The molecule has 2 heteroatoms. The number of hydrogen-bond donors (Lipinski definition) is 1. The maximum absolute atomic E-state index is 3.85. The van der Waals surface area contributed by atoms with Gasteiger partial charge in [0, 0.05) is 13.1 Å². The molecule has 18 heavy (non-hydrogen) atoms. The molecule has 0 amide bonds. The minimum Gasteiger partial charge on any atom is -0.313 e. The SMILES string of the molecule is C=C(CC)CNCC.CCN1CCC2(CCC2)C1. The van der Waals surface area contributed by atoms with Gasteiger partial charge < -0.3 is 10.2 Å². The largest absolute Gasteiger partial charge is 0.313 e. The van der Waals surface area contributed by atoms with Gasteiger partial charge in [0.15, 0.2) is 0 Å². The first-order valence-corrected chi connectivity index (χ1v) is 7.75. The molecule has 1 heterocycles. The molecule has 1 spiro atoms. The van der Waals surface area contributed by atoms with Crippen LogP contribution in [0.5, 0.6) is 0 Å². The van der Waals surface area contributed by atoms with Crippen molar-refractivity contribution in [3.8, 4) is 0 Å². The number of rotatable bonds is 5. The molecule has 0 unspecified atom stereocenters. The Kier molecular flexibility index (Phi) is 6.95. The second kappa shape index (κ2) is 7.96. The first-order chi connectivity index (χ1) is 8.65. The van der Waals surface area contributed by atoms with E-state index in [4.69, 9.17) is 0 Å². The lowest BCUT2D eigenvalue weighted by Gasteiger charge is -2.38. The Hall–Kier alpha value is -0.340. The van der Waals surface area contributed by atoms with Gasteiger partial charge in [-0.05, 0) is 50.7 Å². The van der Waals surface area contributed by atoms with Crippen molar-refractivity contribution in [1.82, 2.24) is 10.2 Å². The Labute approximate surface area is 114 Å². The molecule has 0 aromatic carbocycles. The van der Waals surface area contributed by atoms with E-state index in [9.17, 15) is 0 Å². The summed E-state index contributed by atoms with van der Waals surface area (Å²) in [6, 6.07) is 0. The zero-order valence-electron chi connectivity index (χ0n) is 12.7. The monoisotopic (exact) mass is 252 g/mol. The topological polar surface area (TPSA) is 15.3 Å². The summed E-state index contributed by atoms with van der Waals surface area (Å²) in [5.41, 5.74) is 2.10. The highest BCUT2D eigenvalue weighted by molar-refractivity contribution is 4.95. The van der Waals surface area contributed by atoms with Gasteiger partial charge >= 0.3 is 0 Å². The highest BCUT2D eigenvalue weighted by atomic mass is 15.2. The second-order valence-corrected chi connectivity index (χ2v) is 5.86. The minimum absolute atomic E-state index is 0.815. The van der Waals surface area contributed by atoms with Crippen molar-refractivity contribution in [2.45, 2.75) is 52.9 Å². The molecule has 0 atom stereocenters. The van der Waals surface area contributed by atoms with Crippen LogP contribution in [0.2, 0.25) is 0 Å². The molecular weight excluding hydrogens is 220 g/mol. The first-order valence-electron chi connectivity index (χ1n) is 7.75. The van der Waals surface area contributed by atoms with E-state index in [1.165, 1.54) is 50.9 Å². The van der Waals surface area contributed by atoms with Crippen LogP contribution in [-0.2, 0) is 0 Å². The third kappa shape index (κ3) is 4.74. The Morgan fingerprint density at radius 3 is 2.28 bits per heavy atom. The average Bonchev–Trinajstić information content (AvgIpc) is 2.81. The third-order valence-corrected chi connectivity index (χ3v) is 4.50. The van der Waals surface area contributed by atoms with Crippen LogP contribution in [0.4, 0.5) is 0 Å². The summed E-state index contributed by atoms with van der Waals surface area (Å²) in [5.74, 6) is 0.